The first-order valence-electron chi connectivity index (χ1n) is 7.92. The van der Waals surface area contributed by atoms with Crippen molar-refractivity contribution in [2.45, 2.75) is 26.3 Å². The van der Waals surface area contributed by atoms with Gasteiger partial charge in [0, 0.05) is 24.3 Å². The Labute approximate surface area is 148 Å². The minimum atomic E-state index is -0.396. The van der Waals surface area contributed by atoms with E-state index in [0.717, 1.165) is 10.4 Å². The fourth-order valence-corrected chi connectivity index (χ4v) is 3.68. The maximum atomic E-state index is 13.2. The highest BCUT2D eigenvalue weighted by molar-refractivity contribution is 7.16. The average Bonchev–Trinajstić information content (AvgIpc) is 2.98. The highest BCUT2D eigenvalue weighted by Gasteiger charge is 2.24. The molecule has 0 aliphatic rings. The van der Waals surface area contributed by atoms with Crippen molar-refractivity contribution >= 4 is 22.2 Å². The first kappa shape index (κ1) is 17.3. The lowest BCUT2D eigenvalue weighted by atomic mass is 10.0. The minimum Gasteiger partial charge on any atom is -0.334 e. The molecule has 0 saturated carbocycles. The summed E-state index contributed by atoms with van der Waals surface area (Å²) in [5, 5.41) is 0. The van der Waals surface area contributed by atoms with Crippen LogP contribution in [-0.2, 0) is 0 Å². The molecular formula is C18H18FN3O2S. The summed E-state index contributed by atoms with van der Waals surface area (Å²) in [4.78, 5) is 32.7. The zero-order chi connectivity index (χ0) is 18.1. The molecule has 2 aromatic heterocycles. The molecule has 7 heteroatoms. The molecule has 0 fully saturated rings. The van der Waals surface area contributed by atoms with Gasteiger partial charge in [-0.1, -0.05) is 19.1 Å². The van der Waals surface area contributed by atoms with Gasteiger partial charge in [-0.2, -0.15) is 0 Å². The van der Waals surface area contributed by atoms with Gasteiger partial charge in [-0.3, -0.25) is 14.0 Å². The number of nitrogens with zero attached hydrogens (tertiary/aromatic N) is 3. The van der Waals surface area contributed by atoms with Gasteiger partial charge >= 0.3 is 0 Å². The molecule has 0 spiro atoms. The van der Waals surface area contributed by atoms with Crippen molar-refractivity contribution in [1.29, 1.82) is 0 Å². The zero-order valence-electron chi connectivity index (χ0n) is 14.2. The molecule has 5 nitrogen and oxygen atoms in total. The molecule has 0 aliphatic heterocycles. The Morgan fingerprint density at radius 3 is 2.68 bits per heavy atom. The zero-order valence-corrected chi connectivity index (χ0v) is 15.0. The van der Waals surface area contributed by atoms with Crippen LogP contribution in [0.1, 0.15) is 40.2 Å². The van der Waals surface area contributed by atoms with Gasteiger partial charge in [0.05, 0.1) is 6.04 Å². The van der Waals surface area contributed by atoms with E-state index in [0.29, 0.717) is 11.4 Å². The predicted molar refractivity (Wildman–Crippen MR) is 95.6 cm³/mol. The van der Waals surface area contributed by atoms with Crippen LogP contribution in [0.4, 0.5) is 4.39 Å². The number of fused-ring (bicyclic) bond motifs is 1. The van der Waals surface area contributed by atoms with Gasteiger partial charge in [0.1, 0.15) is 11.4 Å². The standard InChI is InChI=1S/C18H18FN3O2S/c1-4-15(12-5-7-13(19)8-6-12)21(3)16(23)14-9-20-18-22(17(14)24)10-11(2)25-18/h5-10,15H,4H2,1-3H3/t15-/m1/s1. The van der Waals surface area contributed by atoms with Gasteiger partial charge in [-0.05, 0) is 31.0 Å². The molecule has 130 valence electrons. The van der Waals surface area contributed by atoms with E-state index in [4.69, 9.17) is 0 Å². The predicted octanol–water partition coefficient (Wildman–Crippen LogP) is 3.43. The van der Waals surface area contributed by atoms with Crippen molar-refractivity contribution in [2.24, 2.45) is 0 Å². The maximum absolute atomic E-state index is 13.2. The normalized spacial score (nSPS) is 12.3. The van der Waals surface area contributed by atoms with E-state index in [1.54, 1.807) is 25.4 Å². The molecule has 0 saturated heterocycles. The number of benzene rings is 1. The number of aryl methyl sites for hydroxylation is 1. The highest BCUT2D eigenvalue weighted by atomic mass is 32.1. The molecule has 0 N–H and O–H groups in total. The number of carbonyl (C=O) groups is 1. The highest BCUT2D eigenvalue weighted by Crippen LogP contribution is 2.24. The fourth-order valence-electron chi connectivity index (χ4n) is 2.89. The molecule has 25 heavy (non-hydrogen) atoms. The van der Waals surface area contributed by atoms with Gasteiger partial charge < -0.3 is 4.90 Å². The third-order valence-corrected chi connectivity index (χ3v) is 5.09. The monoisotopic (exact) mass is 359 g/mol. The van der Waals surface area contributed by atoms with Crippen LogP contribution in [0.15, 0.2) is 41.5 Å². The van der Waals surface area contributed by atoms with Crippen LogP contribution >= 0.6 is 11.3 Å². The molecule has 0 unspecified atom stereocenters. The smallest absolute Gasteiger partial charge is 0.271 e. The second-order valence-electron chi connectivity index (χ2n) is 5.86. The van der Waals surface area contributed by atoms with Gasteiger partial charge in [-0.25, -0.2) is 9.37 Å². The number of hydrogen-bond acceptors (Lipinski definition) is 4. The van der Waals surface area contributed by atoms with Gasteiger partial charge in [0.15, 0.2) is 4.96 Å². The van der Waals surface area contributed by atoms with Crippen molar-refractivity contribution in [3.8, 4) is 0 Å². The van der Waals surface area contributed by atoms with Crippen molar-refractivity contribution in [1.82, 2.24) is 14.3 Å². The molecule has 2 heterocycles. The summed E-state index contributed by atoms with van der Waals surface area (Å²) in [5.74, 6) is -0.722. The minimum absolute atomic E-state index is 0.0263. The Morgan fingerprint density at radius 2 is 2.04 bits per heavy atom. The first-order valence-corrected chi connectivity index (χ1v) is 8.74. The van der Waals surface area contributed by atoms with E-state index >= 15 is 0 Å². The summed E-state index contributed by atoms with van der Waals surface area (Å²) in [7, 11) is 1.65. The lowest BCUT2D eigenvalue weighted by molar-refractivity contribution is 0.0723. The molecule has 1 aromatic carbocycles. The van der Waals surface area contributed by atoms with Crippen LogP contribution in [0.5, 0.6) is 0 Å². The fraction of sp³-hybridized carbons (Fsp3) is 0.278. The van der Waals surface area contributed by atoms with E-state index in [-0.39, 0.29) is 23.0 Å². The second-order valence-corrected chi connectivity index (χ2v) is 7.08. The summed E-state index contributed by atoms with van der Waals surface area (Å²) >= 11 is 1.40. The molecule has 1 amide bonds. The van der Waals surface area contributed by atoms with Gasteiger partial charge in [-0.15, -0.1) is 11.3 Å². The molecule has 0 bridgehead atoms. The topological polar surface area (TPSA) is 54.7 Å². The van der Waals surface area contributed by atoms with E-state index in [9.17, 15) is 14.0 Å². The van der Waals surface area contributed by atoms with E-state index in [1.807, 2.05) is 13.8 Å². The van der Waals surface area contributed by atoms with Crippen LogP contribution < -0.4 is 5.56 Å². The maximum Gasteiger partial charge on any atom is 0.271 e. The summed E-state index contributed by atoms with van der Waals surface area (Å²) in [6.45, 7) is 3.82. The number of thiazole rings is 1. The molecule has 0 aliphatic carbocycles. The third-order valence-electron chi connectivity index (χ3n) is 4.18. The van der Waals surface area contributed by atoms with Gasteiger partial charge in [0.25, 0.3) is 11.5 Å². The van der Waals surface area contributed by atoms with Crippen molar-refractivity contribution in [3.05, 3.63) is 68.8 Å². The van der Waals surface area contributed by atoms with Crippen molar-refractivity contribution in [2.75, 3.05) is 7.05 Å². The molecule has 1 atom stereocenters. The Hall–Kier alpha value is -2.54. The Balaban J connectivity index is 1.97. The van der Waals surface area contributed by atoms with Crippen LogP contribution in [0.3, 0.4) is 0 Å². The molecule has 0 radical (unpaired) electrons. The number of carbonyl (C=O) groups excluding carboxylic acids is 1. The summed E-state index contributed by atoms with van der Waals surface area (Å²) in [6, 6.07) is 5.80. The molecule has 3 rings (SSSR count). The summed E-state index contributed by atoms with van der Waals surface area (Å²) < 4.78 is 14.6. The Kier molecular flexibility index (Phi) is 4.67. The number of amides is 1. The first-order chi connectivity index (χ1) is 11.9. The van der Waals surface area contributed by atoms with Crippen LogP contribution in [-0.4, -0.2) is 27.2 Å². The van der Waals surface area contributed by atoms with E-state index in [2.05, 4.69) is 4.98 Å². The SMILES string of the molecule is CC[C@H](c1ccc(F)cc1)N(C)C(=O)c1cnc2sc(C)cn2c1=O. The molecular weight excluding hydrogens is 341 g/mol. The Bertz CT molecular complexity index is 978. The van der Waals surface area contributed by atoms with E-state index < -0.39 is 5.91 Å². The average molecular weight is 359 g/mol. The molecule has 3 aromatic rings. The summed E-state index contributed by atoms with van der Waals surface area (Å²) in [5.41, 5.74) is 0.471. The van der Waals surface area contributed by atoms with Gasteiger partial charge in [0.2, 0.25) is 0 Å². The summed E-state index contributed by atoms with van der Waals surface area (Å²) in [6.07, 6.45) is 3.66. The number of halogens is 1. The number of hydrogen-bond donors (Lipinski definition) is 0. The van der Waals surface area contributed by atoms with Crippen LogP contribution in [0.2, 0.25) is 0 Å². The lowest BCUT2D eigenvalue weighted by Gasteiger charge is -2.27. The quantitative estimate of drug-likeness (QED) is 0.717. The van der Waals surface area contributed by atoms with E-state index in [1.165, 1.54) is 39.0 Å². The van der Waals surface area contributed by atoms with Crippen molar-refractivity contribution in [3.63, 3.8) is 0 Å². The van der Waals surface area contributed by atoms with Crippen LogP contribution in [0.25, 0.3) is 4.96 Å². The number of aromatic nitrogens is 2. The van der Waals surface area contributed by atoms with Crippen LogP contribution in [0, 0.1) is 12.7 Å². The lowest BCUT2D eigenvalue weighted by Crippen LogP contribution is -2.35. The number of rotatable bonds is 4. The Morgan fingerprint density at radius 1 is 1.36 bits per heavy atom. The van der Waals surface area contributed by atoms with Crippen molar-refractivity contribution < 1.29 is 9.18 Å². The second kappa shape index (κ2) is 6.76. The third kappa shape index (κ3) is 3.19. The largest absolute Gasteiger partial charge is 0.334 e.